The monoisotopic (exact) mass is 167 g/mol. The molecule has 0 radical (unpaired) electrons. The first-order valence-electron chi connectivity index (χ1n) is 3.94. The minimum absolute atomic E-state index is 0.117. The van der Waals surface area contributed by atoms with Crippen LogP contribution in [0.5, 0.6) is 0 Å². The lowest BCUT2D eigenvalue weighted by Gasteiger charge is -2.16. The van der Waals surface area contributed by atoms with Gasteiger partial charge in [-0.1, -0.05) is 0 Å². The second-order valence-corrected chi connectivity index (χ2v) is 3.01. The lowest BCUT2D eigenvalue weighted by atomic mass is 9.99. The molecule has 0 bridgehead atoms. The highest BCUT2D eigenvalue weighted by molar-refractivity contribution is 6.00. The molecule has 4 nitrogen and oxygen atoms in total. The van der Waals surface area contributed by atoms with E-state index in [2.05, 4.69) is 9.98 Å². The molecule has 2 N–H and O–H groups in total. The van der Waals surface area contributed by atoms with Crippen LogP contribution in [0.1, 0.15) is 20.3 Å². The molecule has 0 aromatic carbocycles. The number of rotatable bonds is 2. The molecule has 0 aliphatic carbocycles. The van der Waals surface area contributed by atoms with Gasteiger partial charge < -0.3 is 5.73 Å². The van der Waals surface area contributed by atoms with E-state index >= 15 is 0 Å². The van der Waals surface area contributed by atoms with Crippen molar-refractivity contribution in [3.8, 4) is 0 Å². The standard InChI is InChI=1S/C8H13N3O/c1-5-7(3-8(9)12)4-10-6(2)11-5/h7H,3-4H2,1-2H3,(H2,9,12)/t7-/m1/s1. The molecule has 1 amide bonds. The summed E-state index contributed by atoms with van der Waals surface area (Å²) in [6.07, 6.45) is 0.353. The van der Waals surface area contributed by atoms with Gasteiger partial charge in [-0.05, 0) is 13.8 Å². The zero-order valence-electron chi connectivity index (χ0n) is 7.37. The molecule has 1 rings (SSSR count). The van der Waals surface area contributed by atoms with Crippen molar-refractivity contribution >= 4 is 17.5 Å². The van der Waals surface area contributed by atoms with Crippen LogP contribution in [0.15, 0.2) is 9.98 Å². The number of nitrogens with two attached hydrogens (primary N) is 1. The van der Waals surface area contributed by atoms with Crippen LogP contribution in [0.3, 0.4) is 0 Å². The maximum Gasteiger partial charge on any atom is 0.218 e. The summed E-state index contributed by atoms with van der Waals surface area (Å²) in [4.78, 5) is 18.9. The highest BCUT2D eigenvalue weighted by Gasteiger charge is 2.17. The number of hydrogen-bond acceptors (Lipinski definition) is 3. The fourth-order valence-corrected chi connectivity index (χ4v) is 1.21. The summed E-state index contributed by atoms with van der Waals surface area (Å²) in [5, 5.41) is 0. The smallest absolute Gasteiger partial charge is 0.218 e. The Bertz CT molecular complexity index is 255. The zero-order valence-corrected chi connectivity index (χ0v) is 7.37. The first-order chi connectivity index (χ1) is 5.59. The first-order valence-corrected chi connectivity index (χ1v) is 3.94. The van der Waals surface area contributed by atoms with Gasteiger partial charge in [0.25, 0.3) is 0 Å². The van der Waals surface area contributed by atoms with Gasteiger partial charge >= 0.3 is 0 Å². The summed E-state index contributed by atoms with van der Waals surface area (Å²) in [7, 11) is 0. The molecule has 12 heavy (non-hydrogen) atoms. The molecule has 1 heterocycles. The van der Waals surface area contributed by atoms with Gasteiger partial charge in [-0.3, -0.25) is 9.79 Å². The number of aliphatic imine (C=N–C) groups is 2. The van der Waals surface area contributed by atoms with Crippen LogP contribution in [-0.4, -0.2) is 24.0 Å². The van der Waals surface area contributed by atoms with Gasteiger partial charge in [0, 0.05) is 24.6 Å². The summed E-state index contributed by atoms with van der Waals surface area (Å²) in [6, 6.07) is 0. The van der Waals surface area contributed by atoms with Gasteiger partial charge in [-0.15, -0.1) is 0 Å². The van der Waals surface area contributed by atoms with Gasteiger partial charge in [-0.2, -0.15) is 0 Å². The van der Waals surface area contributed by atoms with Crippen molar-refractivity contribution in [1.82, 2.24) is 0 Å². The third-order valence-corrected chi connectivity index (χ3v) is 1.92. The number of amides is 1. The fraction of sp³-hybridized carbons (Fsp3) is 0.625. The molecule has 1 aliphatic rings. The van der Waals surface area contributed by atoms with Crippen molar-refractivity contribution in [2.45, 2.75) is 20.3 Å². The number of amidine groups is 1. The molecule has 0 spiro atoms. The van der Waals surface area contributed by atoms with Crippen molar-refractivity contribution in [3.05, 3.63) is 0 Å². The van der Waals surface area contributed by atoms with E-state index < -0.39 is 0 Å². The van der Waals surface area contributed by atoms with E-state index in [9.17, 15) is 4.79 Å². The van der Waals surface area contributed by atoms with Crippen LogP contribution in [-0.2, 0) is 4.79 Å². The maximum atomic E-state index is 10.6. The van der Waals surface area contributed by atoms with Crippen LogP contribution in [0.2, 0.25) is 0 Å². The first kappa shape index (κ1) is 8.90. The maximum absolute atomic E-state index is 10.6. The van der Waals surface area contributed by atoms with E-state index in [0.717, 1.165) is 11.5 Å². The van der Waals surface area contributed by atoms with E-state index in [1.807, 2.05) is 13.8 Å². The minimum Gasteiger partial charge on any atom is -0.370 e. The molecular formula is C8H13N3O. The third-order valence-electron chi connectivity index (χ3n) is 1.92. The number of hydrogen-bond donors (Lipinski definition) is 1. The Morgan fingerprint density at radius 2 is 2.33 bits per heavy atom. The second kappa shape index (κ2) is 3.47. The van der Waals surface area contributed by atoms with Crippen molar-refractivity contribution in [2.75, 3.05) is 6.54 Å². The van der Waals surface area contributed by atoms with Gasteiger partial charge in [-0.25, -0.2) is 4.99 Å². The molecule has 1 atom stereocenters. The second-order valence-electron chi connectivity index (χ2n) is 3.01. The Labute approximate surface area is 71.6 Å². The molecule has 0 aromatic rings. The summed E-state index contributed by atoms with van der Waals surface area (Å²) in [6.45, 7) is 4.40. The molecule has 4 heteroatoms. The molecule has 0 aromatic heterocycles. The van der Waals surface area contributed by atoms with E-state index in [1.54, 1.807) is 0 Å². The SMILES string of the molecule is CC1=NC[C@@H](CC(N)=O)C(C)=N1. The van der Waals surface area contributed by atoms with Gasteiger partial charge in [0.2, 0.25) is 5.91 Å². The van der Waals surface area contributed by atoms with Crippen molar-refractivity contribution in [2.24, 2.45) is 21.6 Å². The van der Waals surface area contributed by atoms with Gasteiger partial charge in [0.05, 0.1) is 0 Å². The molecular weight excluding hydrogens is 154 g/mol. The lowest BCUT2D eigenvalue weighted by molar-refractivity contribution is -0.118. The number of carbonyl (C=O) groups is 1. The third kappa shape index (κ3) is 2.15. The van der Waals surface area contributed by atoms with E-state index in [0.29, 0.717) is 13.0 Å². The number of carbonyl (C=O) groups excluding carboxylic acids is 1. The Morgan fingerprint density at radius 1 is 1.67 bits per heavy atom. The van der Waals surface area contributed by atoms with E-state index in [-0.39, 0.29) is 11.8 Å². The fourth-order valence-electron chi connectivity index (χ4n) is 1.21. The predicted octanol–water partition coefficient (Wildman–Crippen LogP) is 0.371. The van der Waals surface area contributed by atoms with Crippen LogP contribution < -0.4 is 5.73 Å². The molecule has 66 valence electrons. The predicted molar refractivity (Wildman–Crippen MR) is 48.4 cm³/mol. The molecule has 0 unspecified atom stereocenters. The highest BCUT2D eigenvalue weighted by atomic mass is 16.1. The Balaban J connectivity index is 2.62. The lowest BCUT2D eigenvalue weighted by Crippen LogP contribution is -2.26. The summed E-state index contributed by atoms with van der Waals surface area (Å²) >= 11 is 0. The van der Waals surface area contributed by atoms with Crippen LogP contribution in [0, 0.1) is 5.92 Å². The summed E-state index contributed by atoms with van der Waals surface area (Å²) < 4.78 is 0. The Hall–Kier alpha value is -1.19. The average Bonchev–Trinajstić information content (AvgIpc) is 1.94. The normalized spacial score (nSPS) is 23.0. The Morgan fingerprint density at radius 3 is 2.83 bits per heavy atom. The van der Waals surface area contributed by atoms with Gasteiger partial charge in [0.1, 0.15) is 5.84 Å². The highest BCUT2D eigenvalue weighted by Crippen LogP contribution is 2.11. The number of primary amides is 1. The van der Waals surface area contributed by atoms with Crippen LogP contribution in [0.25, 0.3) is 0 Å². The van der Waals surface area contributed by atoms with Crippen molar-refractivity contribution in [3.63, 3.8) is 0 Å². The van der Waals surface area contributed by atoms with Crippen molar-refractivity contribution in [1.29, 1.82) is 0 Å². The van der Waals surface area contributed by atoms with E-state index in [4.69, 9.17) is 5.73 Å². The molecule has 0 saturated heterocycles. The molecule has 0 fully saturated rings. The number of nitrogens with zero attached hydrogens (tertiary/aromatic N) is 2. The molecule has 1 aliphatic heterocycles. The van der Waals surface area contributed by atoms with Crippen LogP contribution in [0.4, 0.5) is 0 Å². The average molecular weight is 167 g/mol. The summed E-state index contributed by atoms with van der Waals surface area (Å²) in [5.74, 6) is 0.615. The topological polar surface area (TPSA) is 67.8 Å². The Kier molecular flexibility index (Phi) is 2.58. The van der Waals surface area contributed by atoms with Crippen molar-refractivity contribution < 1.29 is 4.79 Å². The zero-order chi connectivity index (χ0) is 9.14. The van der Waals surface area contributed by atoms with E-state index in [1.165, 1.54) is 0 Å². The van der Waals surface area contributed by atoms with Crippen LogP contribution >= 0.6 is 0 Å². The largest absolute Gasteiger partial charge is 0.370 e. The minimum atomic E-state index is -0.288. The summed E-state index contributed by atoms with van der Waals surface area (Å²) in [5.41, 5.74) is 6.04. The molecule has 0 saturated carbocycles. The quantitative estimate of drug-likeness (QED) is 0.634. The van der Waals surface area contributed by atoms with Gasteiger partial charge in [0.15, 0.2) is 0 Å².